The van der Waals surface area contributed by atoms with Crippen LogP contribution in [0.3, 0.4) is 0 Å². The van der Waals surface area contributed by atoms with Crippen molar-refractivity contribution >= 4 is 17.8 Å². The van der Waals surface area contributed by atoms with Gasteiger partial charge in [-0.05, 0) is 42.4 Å². The van der Waals surface area contributed by atoms with Gasteiger partial charge in [-0.2, -0.15) is 0 Å². The summed E-state index contributed by atoms with van der Waals surface area (Å²) in [6.07, 6.45) is 3.34. The molecule has 1 aliphatic carbocycles. The molecule has 0 aromatic heterocycles. The van der Waals surface area contributed by atoms with Crippen LogP contribution in [-0.4, -0.2) is 12.1 Å². The van der Waals surface area contributed by atoms with Crippen molar-refractivity contribution in [3.63, 3.8) is 0 Å². The topological polar surface area (TPSA) is 79.0 Å². The lowest BCUT2D eigenvalue weighted by Crippen LogP contribution is -2.25. The van der Waals surface area contributed by atoms with Gasteiger partial charge in [0, 0.05) is 16.9 Å². The highest BCUT2D eigenvalue weighted by Crippen LogP contribution is 2.37. The molecular formula is C16H21N3O. The molecule has 0 heterocycles. The number of amides is 1. The molecule has 1 aromatic carbocycles. The third kappa shape index (κ3) is 3.07. The fourth-order valence-electron chi connectivity index (χ4n) is 2.63. The molecule has 0 radical (unpaired) electrons. The maximum absolute atomic E-state index is 10.5. The fourth-order valence-corrected chi connectivity index (χ4v) is 2.63. The average molecular weight is 271 g/mol. The minimum atomic E-state index is 0.217. The van der Waals surface area contributed by atoms with Crippen molar-refractivity contribution in [2.24, 2.45) is 11.1 Å². The van der Waals surface area contributed by atoms with Crippen LogP contribution < -0.4 is 11.1 Å². The van der Waals surface area contributed by atoms with Gasteiger partial charge in [0.15, 0.2) is 0 Å². The quantitative estimate of drug-likeness (QED) is 0.581. The first kappa shape index (κ1) is 14.3. The standard InChI is InChI=1S/C16H21N3O/c1-16(2)7-6-13(14(17)9-16)15(18)11-4-3-5-12(8-11)19-10-20/h3-5,8,10,18H,6-7,9,17H2,1-2H3,(H,19,20). The number of nitrogens with one attached hydrogen (secondary N) is 2. The van der Waals surface area contributed by atoms with Crippen LogP contribution in [0, 0.1) is 10.8 Å². The highest BCUT2D eigenvalue weighted by Gasteiger charge is 2.27. The Labute approximate surface area is 119 Å². The van der Waals surface area contributed by atoms with E-state index in [1.165, 1.54) is 0 Å². The summed E-state index contributed by atoms with van der Waals surface area (Å²) < 4.78 is 0. The zero-order valence-corrected chi connectivity index (χ0v) is 12.0. The number of anilines is 1. The van der Waals surface area contributed by atoms with Crippen LogP contribution >= 0.6 is 0 Å². The first-order valence-electron chi connectivity index (χ1n) is 6.80. The number of hydrogen-bond acceptors (Lipinski definition) is 3. The van der Waals surface area contributed by atoms with Gasteiger partial charge in [0.25, 0.3) is 0 Å². The van der Waals surface area contributed by atoms with Crippen molar-refractivity contribution in [3.8, 4) is 0 Å². The molecule has 0 fully saturated rings. The molecule has 0 atom stereocenters. The second-order valence-electron chi connectivity index (χ2n) is 6.06. The van der Waals surface area contributed by atoms with E-state index in [1.54, 1.807) is 12.1 Å². The van der Waals surface area contributed by atoms with E-state index in [9.17, 15) is 4.79 Å². The summed E-state index contributed by atoms with van der Waals surface area (Å²) in [6.45, 7) is 4.41. The largest absolute Gasteiger partial charge is 0.402 e. The summed E-state index contributed by atoms with van der Waals surface area (Å²) in [4.78, 5) is 10.5. The average Bonchev–Trinajstić information content (AvgIpc) is 2.38. The molecule has 0 aliphatic heterocycles. The minimum Gasteiger partial charge on any atom is -0.402 e. The number of benzene rings is 1. The first-order valence-corrected chi connectivity index (χ1v) is 6.80. The molecule has 4 N–H and O–H groups in total. The van der Waals surface area contributed by atoms with Gasteiger partial charge in [-0.25, -0.2) is 0 Å². The number of carbonyl (C=O) groups is 1. The molecule has 4 heteroatoms. The summed E-state index contributed by atoms with van der Waals surface area (Å²) in [7, 11) is 0. The zero-order chi connectivity index (χ0) is 14.8. The van der Waals surface area contributed by atoms with Crippen molar-refractivity contribution in [3.05, 3.63) is 41.1 Å². The highest BCUT2D eigenvalue weighted by atomic mass is 16.1. The molecular weight excluding hydrogens is 250 g/mol. The minimum absolute atomic E-state index is 0.217. The number of carbonyl (C=O) groups excluding carboxylic acids is 1. The van der Waals surface area contributed by atoms with Crippen molar-refractivity contribution < 1.29 is 4.79 Å². The predicted molar refractivity (Wildman–Crippen MR) is 81.8 cm³/mol. The monoisotopic (exact) mass is 271 g/mol. The van der Waals surface area contributed by atoms with Crippen molar-refractivity contribution in [1.82, 2.24) is 0 Å². The summed E-state index contributed by atoms with van der Waals surface area (Å²) >= 11 is 0. The third-order valence-electron chi connectivity index (χ3n) is 3.79. The van der Waals surface area contributed by atoms with Crippen LogP contribution in [0.1, 0.15) is 38.7 Å². The molecule has 1 aromatic rings. The Hall–Kier alpha value is -2.10. The fraction of sp³-hybridized carbons (Fsp3) is 0.375. The number of allylic oxidation sites excluding steroid dienone is 2. The van der Waals surface area contributed by atoms with E-state index >= 15 is 0 Å². The van der Waals surface area contributed by atoms with Gasteiger partial charge in [-0.15, -0.1) is 0 Å². The lowest BCUT2D eigenvalue weighted by molar-refractivity contribution is -0.105. The Morgan fingerprint density at radius 1 is 1.45 bits per heavy atom. The maximum atomic E-state index is 10.5. The molecule has 1 amide bonds. The van der Waals surface area contributed by atoms with Gasteiger partial charge in [-0.3, -0.25) is 10.2 Å². The normalized spacial score (nSPS) is 17.7. The molecule has 20 heavy (non-hydrogen) atoms. The van der Waals surface area contributed by atoms with Crippen LogP contribution in [0.15, 0.2) is 35.5 Å². The van der Waals surface area contributed by atoms with Crippen LogP contribution in [0.25, 0.3) is 0 Å². The van der Waals surface area contributed by atoms with E-state index in [1.807, 2.05) is 12.1 Å². The lowest BCUT2D eigenvalue weighted by Gasteiger charge is -2.31. The zero-order valence-electron chi connectivity index (χ0n) is 12.0. The predicted octanol–water partition coefficient (Wildman–Crippen LogP) is 3.05. The summed E-state index contributed by atoms with van der Waals surface area (Å²) in [6, 6.07) is 7.31. The molecule has 0 bridgehead atoms. The van der Waals surface area contributed by atoms with E-state index in [0.717, 1.165) is 36.1 Å². The Kier molecular flexibility index (Phi) is 3.93. The van der Waals surface area contributed by atoms with Crippen molar-refractivity contribution in [2.45, 2.75) is 33.1 Å². The maximum Gasteiger partial charge on any atom is 0.211 e. The van der Waals surface area contributed by atoms with E-state index in [4.69, 9.17) is 11.1 Å². The molecule has 1 aliphatic rings. The summed E-state index contributed by atoms with van der Waals surface area (Å²) in [5, 5.41) is 11.0. The highest BCUT2D eigenvalue weighted by molar-refractivity contribution is 6.11. The van der Waals surface area contributed by atoms with E-state index < -0.39 is 0 Å². The molecule has 0 saturated heterocycles. The van der Waals surface area contributed by atoms with Crippen molar-refractivity contribution in [2.75, 3.05) is 5.32 Å². The molecule has 0 spiro atoms. The molecule has 0 saturated carbocycles. The van der Waals surface area contributed by atoms with Gasteiger partial charge in [0.1, 0.15) is 0 Å². The van der Waals surface area contributed by atoms with E-state index in [-0.39, 0.29) is 5.41 Å². The Morgan fingerprint density at radius 2 is 2.20 bits per heavy atom. The van der Waals surface area contributed by atoms with Crippen LogP contribution in [0.2, 0.25) is 0 Å². The van der Waals surface area contributed by atoms with Crippen LogP contribution in [-0.2, 0) is 4.79 Å². The molecule has 4 nitrogen and oxygen atoms in total. The summed E-state index contributed by atoms with van der Waals surface area (Å²) in [5.74, 6) is 0. The Bertz CT molecular complexity index is 573. The van der Waals surface area contributed by atoms with E-state index in [0.29, 0.717) is 17.8 Å². The third-order valence-corrected chi connectivity index (χ3v) is 3.79. The Balaban J connectivity index is 2.27. The van der Waals surface area contributed by atoms with Gasteiger partial charge < -0.3 is 11.1 Å². The smallest absolute Gasteiger partial charge is 0.211 e. The second-order valence-corrected chi connectivity index (χ2v) is 6.06. The van der Waals surface area contributed by atoms with Gasteiger partial charge in [0.05, 0.1) is 5.71 Å². The molecule has 106 valence electrons. The summed E-state index contributed by atoms with van der Waals surface area (Å²) in [5.41, 5.74) is 10.1. The lowest BCUT2D eigenvalue weighted by atomic mass is 9.75. The SMILES string of the molecule is CC1(C)CCC(C(=N)c2cccc(NC=O)c2)=C(N)C1. The molecule has 2 rings (SSSR count). The molecule has 0 unspecified atom stereocenters. The van der Waals surface area contributed by atoms with Crippen molar-refractivity contribution in [1.29, 1.82) is 5.41 Å². The van der Waals surface area contributed by atoms with E-state index in [2.05, 4.69) is 19.2 Å². The van der Waals surface area contributed by atoms with Gasteiger partial charge >= 0.3 is 0 Å². The van der Waals surface area contributed by atoms with Gasteiger partial charge in [0.2, 0.25) is 6.41 Å². The van der Waals surface area contributed by atoms with Crippen LogP contribution in [0.5, 0.6) is 0 Å². The Morgan fingerprint density at radius 3 is 2.85 bits per heavy atom. The number of hydrogen-bond donors (Lipinski definition) is 3. The number of nitrogens with two attached hydrogens (primary N) is 1. The first-order chi connectivity index (χ1) is 9.43. The number of rotatable bonds is 4. The van der Waals surface area contributed by atoms with Gasteiger partial charge in [-0.1, -0.05) is 26.0 Å². The second kappa shape index (κ2) is 5.49. The van der Waals surface area contributed by atoms with Crippen LogP contribution in [0.4, 0.5) is 5.69 Å².